The molecule has 0 aliphatic carbocycles. The fourth-order valence-corrected chi connectivity index (χ4v) is 4.41. The highest BCUT2D eigenvalue weighted by atomic mass is 35.5. The van der Waals surface area contributed by atoms with Gasteiger partial charge >= 0.3 is 0 Å². The van der Waals surface area contributed by atoms with Gasteiger partial charge in [0.1, 0.15) is 0 Å². The minimum Gasteiger partial charge on any atom is -0.297 e. The van der Waals surface area contributed by atoms with Crippen LogP contribution in [-0.2, 0) is 0 Å². The molecule has 0 unspecified atom stereocenters. The lowest BCUT2D eigenvalue weighted by molar-refractivity contribution is -0.384. The molecule has 0 saturated carbocycles. The molecule has 0 aliphatic rings. The SMILES string of the molecule is O=C(Nc1nc(-c2ccc(Cl)cc2)c(-c2ccc([N+](=O)[O-])cc2)s1)c1cccs1. The average Bonchev–Trinajstić information content (AvgIpc) is 3.39. The Hall–Kier alpha value is -3.07. The molecule has 2 aromatic carbocycles. The van der Waals surface area contributed by atoms with Crippen LogP contribution in [0, 0.1) is 10.1 Å². The molecule has 4 rings (SSSR count). The van der Waals surface area contributed by atoms with E-state index in [2.05, 4.69) is 10.3 Å². The number of non-ortho nitro benzene ring substituents is 1. The van der Waals surface area contributed by atoms with E-state index in [1.165, 1.54) is 34.8 Å². The maximum absolute atomic E-state index is 12.4. The Morgan fingerprint density at radius 2 is 1.72 bits per heavy atom. The number of aromatic nitrogens is 1. The number of thiophene rings is 1. The maximum Gasteiger partial charge on any atom is 0.269 e. The van der Waals surface area contributed by atoms with E-state index in [0.717, 1.165) is 16.0 Å². The van der Waals surface area contributed by atoms with Gasteiger partial charge in [0, 0.05) is 22.7 Å². The van der Waals surface area contributed by atoms with E-state index in [1.54, 1.807) is 30.3 Å². The number of anilines is 1. The van der Waals surface area contributed by atoms with Crippen LogP contribution in [0.4, 0.5) is 10.8 Å². The van der Waals surface area contributed by atoms with Crippen molar-refractivity contribution >= 4 is 51.0 Å². The summed E-state index contributed by atoms with van der Waals surface area (Å²) in [6.45, 7) is 0. The minimum atomic E-state index is -0.441. The Kier molecular flexibility index (Phi) is 5.39. The van der Waals surface area contributed by atoms with Gasteiger partial charge in [-0.3, -0.25) is 20.2 Å². The molecule has 4 aromatic rings. The lowest BCUT2D eigenvalue weighted by Gasteiger charge is -2.03. The van der Waals surface area contributed by atoms with Gasteiger partial charge in [-0.1, -0.05) is 41.1 Å². The third-order valence-corrected chi connectivity index (χ3v) is 6.19. The summed E-state index contributed by atoms with van der Waals surface area (Å²) in [5.41, 5.74) is 2.28. The quantitative estimate of drug-likeness (QED) is 0.288. The molecule has 0 atom stereocenters. The first-order chi connectivity index (χ1) is 14.0. The van der Waals surface area contributed by atoms with Crippen LogP contribution in [0.5, 0.6) is 0 Å². The van der Waals surface area contributed by atoms with E-state index in [4.69, 9.17) is 11.6 Å². The van der Waals surface area contributed by atoms with E-state index in [0.29, 0.717) is 20.7 Å². The number of hydrogen-bond acceptors (Lipinski definition) is 6. The number of nitro benzene ring substituents is 1. The summed E-state index contributed by atoms with van der Waals surface area (Å²) in [4.78, 5) is 28.9. The van der Waals surface area contributed by atoms with Crippen molar-refractivity contribution in [3.8, 4) is 21.7 Å². The van der Waals surface area contributed by atoms with Crippen LogP contribution < -0.4 is 5.32 Å². The van der Waals surface area contributed by atoms with Crippen molar-refractivity contribution in [2.45, 2.75) is 0 Å². The number of rotatable bonds is 5. The molecular formula is C20H12ClN3O3S2. The number of benzene rings is 2. The van der Waals surface area contributed by atoms with Gasteiger partial charge in [0.05, 0.1) is 20.4 Å². The van der Waals surface area contributed by atoms with Crippen LogP contribution in [0.3, 0.4) is 0 Å². The molecule has 144 valence electrons. The third-order valence-electron chi connectivity index (χ3n) is 4.05. The normalized spacial score (nSPS) is 10.7. The summed E-state index contributed by atoms with van der Waals surface area (Å²) < 4.78 is 0. The standard InChI is InChI=1S/C20H12ClN3O3S2/c21-14-7-3-12(4-8-14)17-18(13-5-9-15(10-6-13)24(26)27)29-20(22-17)23-19(25)16-2-1-11-28-16/h1-11H,(H,22,23,25). The molecule has 1 amide bonds. The van der Waals surface area contributed by atoms with Crippen LogP contribution in [0.1, 0.15) is 9.67 Å². The first-order valence-corrected chi connectivity index (χ1v) is 10.4. The molecule has 2 aromatic heterocycles. The van der Waals surface area contributed by atoms with E-state index < -0.39 is 4.92 Å². The highest BCUT2D eigenvalue weighted by Crippen LogP contribution is 2.40. The number of amides is 1. The van der Waals surface area contributed by atoms with Gasteiger partial charge in [-0.2, -0.15) is 0 Å². The highest BCUT2D eigenvalue weighted by Gasteiger charge is 2.18. The van der Waals surface area contributed by atoms with E-state index in [-0.39, 0.29) is 11.6 Å². The summed E-state index contributed by atoms with van der Waals surface area (Å²) in [6.07, 6.45) is 0. The number of nitro groups is 1. The van der Waals surface area contributed by atoms with Crippen LogP contribution in [0.15, 0.2) is 66.0 Å². The van der Waals surface area contributed by atoms with Crippen LogP contribution in [0.25, 0.3) is 21.7 Å². The average molecular weight is 442 g/mol. The minimum absolute atomic E-state index is 0.0116. The second kappa shape index (κ2) is 8.12. The van der Waals surface area contributed by atoms with Crippen molar-refractivity contribution in [2.75, 3.05) is 5.32 Å². The Labute approximate surface area is 178 Å². The predicted octanol–water partition coefficient (Wildman–Crippen LogP) is 6.35. The first-order valence-electron chi connectivity index (χ1n) is 8.38. The fraction of sp³-hybridized carbons (Fsp3) is 0. The smallest absolute Gasteiger partial charge is 0.269 e. The predicted molar refractivity (Wildman–Crippen MR) is 117 cm³/mol. The Bertz CT molecular complexity index is 1170. The molecule has 9 heteroatoms. The molecule has 6 nitrogen and oxygen atoms in total. The van der Waals surface area contributed by atoms with Gasteiger partial charge in [-0.15, -0.1) is 11.3 Å². The van der Waals surface area contributed by atoms with Gasteiger partial charge in [0.2, 0.25) is 0 Å². The Morgan fingerprint density at radius 3 is 2.34 bits per heavy atom. The third kappa shape index (κ3) is 4.19. The monoisotopic (exact) mass is 441 g/mol. The summed E-state index contributed by atoms with van der Waals surface area (Å²) in [7, 11) is 0. The van der Waals surface area contributed by atoms with Crippen molar-refractivity contribution < 1.29 is 9.72 Å². The lowest BCUT2D eigenvalue weighted by atomic mass is 10.1. The number of hydrogen-bond donors (Lipinski definition) is 1. The zero-order chi connectivity index (χ0) is 20.4. The number of thiazole rings is 1. The number of halogens is 1. The second-order valence-electron chi connectivity index (χ2n) is 5.94. The van der Waals surface area contributed by atoms with E-state index in [9.17, 15) is 14.9 Å². The van der Waals surface area contributed by atoms with Gasteiger partial charge in [0.15, 0.2) is 5.13 Å². The molecule has 0 saturated heterocycles. The number of nitrogens with one attached hydrogen (secondary N) is 1. The summed E-state index contributed by atoms with van der Waals surface area (Å²) in [6, 6.07) is 17.0. The highest BCUT2D eigenvalue weighted by molar-refractivity contribution is 7.19. The van der Waals surface area contributed by atoms with Crippen LogP contribution in [-0.4, -0.2) is 15.8 Å². The van der Waals surface area contributed by atoms with Gasteiger partial charge in [-0.05, 0) is 41.3 Å². The Balaban J connectivity index is 1.75. The Morgan fingerprint density at radius 1 is 1.03 bits per heavy atom. The van der Waals surface area contributed by atoms with Gasteiger partial charge in [0.25, 0.3) is 11.6 Å². The number of carbonyl (C=O) groups excluding carboxylic acids is 1. The van der Waals surface area contributed by atoms with E-state index >= 15 is 0 Å². The lowest BCUT2D eigenvalue weighted by Crippen LogP contribution is -2.09. The topological polar surface area (TPSA) is 85.1 Å². The molecule has 2 heterocycles. The molecule has 0 spiro atoms. The molecule has 0 aliphatic heterocycles. The number of carbonyl (C=O) groups is 1. The zero-order valence-electron chi connectivity index (χ0n) is 14.7. The van der Waals surface area contributed by atoms with Crippen molar-refractivity contribution in [3.05, 3.63) is 86.1 Å². The van der Waals surface area contributed by atoms with Gasteiger partial charge < -0.3 is 0 Å². The van der Waals surface area contributed by atoms with Crippen molar-refractivity contribution in [1.29, 1.82) is 0 Å². The van der Waals surface area contributed by atoms with Crippen LogP contribution in [0.2, 0.25) is 5.02 Å². The summed E-state index contributed by atoms with van der Waals surface area (Å²) in [5.74, 6) is -0.230. The van der Waals surface area contributed by atoms with E-state index in [1.807, 2.05) is 23.6 Å². The van der Waals surface area contributed by atoms with Crippen LogP contribution >= 0.6 is 34.3 Å². The summed E-state index contributed by atoms with van der Waals surface area (Å²) in [5, 5.41) is 16.7. The van der Waals surface area contributed by atoms with Gasteiger partial charge in [-0.25, -0.2) is 4.98 Å². The molecule has 0 bridgehead atoms. The van der Waals surface area contributed by atoms with Crippen molar-refractivity contribution in [2.24, 2.45) is 0 Å². The number of nitrogens with zero attached hydrogens (tertiary/aromatic N) is 2. The molecule has 29 heavy (non-hydrogen) atoms. The fourth-order valence-electron chi connectivity index (χ4n) is 2.67. The molecular weight excluding hydrogens is 430 g/mol. The molecule has 1 N–H and O–H groups in total. The summed E-state index contributed by atoms with van der Waals surface area (Å²) >= 11 is 8.65. The molecule has 0 radical (unpaired) electrons. The van der Waals surface area contributed by atoms with Crippen molar-refractivity contribution in [1.82, 2.24) is 4.98 Å². The maximum atomic E-state index is 12.4. The largest absolute Gasteiger partial charge is 0.297 e. The first kappa shape index (κ1) is 19.3. The zero-order valence-corrected chi connectivity index (χ0v) is 17.1. The van der Waals surface area contributed by atoms with Crippen molar-refractivity contribution in [3.63, 3.8) is 0 Å². The molecule has 0 fully saturated rings. The second-order valence-corrected chi connectivity index (χ2v) is 8.32.